The molecule has 0 fully saturated rings. The van der Waals surface area contributed by atoms with E-state index in [1.807, 2.05) is 54.6 Å². The smallest absolute Gasteiger partial charge is 0.303 e. The molecule has 4 aromatic rings. The molecular weight excluding hydrogens is 454 g/mol. The lowest BCUT2D eigenvalue weighted by Gasteiger charge is -2.18. The number of hydrogen-bond donors (Lipinski definition) is 3. The van der Waals surface area contributed by atoms with E-state index in [0.29, 0.717) is 42.3 Å². The number of benzene rings is 3. The number of nitrogens with zero attached hydrogens (tertiary/aromatic N) is 2. The highest BCUT2D eigenvalue weighted by Gasteiger charge is 2.32. The minimum atomic E-state index is -0.812. The highest BCUT2D eigenvalue weighted by atomic mass is 16.4. The van der Waals surface area contributed by atoms with Gasteiger partial charge in [-0.05, 0) is 48.6 Å². The van der Waals surface area contributed by atoms with Gasteiger partial charge in [0.1, 0.15) is 0 Å². The molecule has 0 bridgehead atoms. The number of carbonyl (C=O) groups is 2. The van der Waals surface area contributed by atoms with E-state index in [1.54, 1.807) is 18.2 Å². The van der Waals surface area contributed by atoms with Crippen LogP contribution in [0.25, 0.3) is 22.3 Å². The number of aryl methyl sites for hydroxylation is 1. The van der Waals surface area contributed by atoms with Crippen molar-refractivity contribution >= 4 is 22.9 Å². The third kappa shape index (κ3) is 4.97. The quantitative estimate of drug-likeness (QED) is 0.320. The maximum atomic E-state index is 13.1. The fourth-order valence-corrected chi connectivity index (χ4v) is 4.77. The molecule has 3 aromatic carbocycles. The predicted octanol–water partition coefficient (Wildman–Crippen LogP) is 4.48. The topological polar surface area (TPSA) is 112 Å². The Morgan fingerprint density at radius 2 is 1.69 bits per heavy atom. The summed E-state index contributed by atoms with van der Waals surface area (Å²) in [5.74, 6) is -1.09. The van der Waals surface area contributed by atoms with Crippen molar-refractivity contribution in [2.75, 3.05) is 0 Å². The molecule has 36 heavy (non-hydrogen) atoms. The monoisotopic (exact) mass is 481 g/mol. The number of carboxylic acid groups (broad SMARTS) is 1. The van der Waals surface area contributed by atoms with Gasteiger partial charge in [0.25, 0.3) is 5.91 Å². The largest absolute Gasteiger partial charge is 0.481 e. The van der Waals surface area contributed by atoms with Crippen LogP contribution < -0.4 is 5.32 Å². The van der Waals surface area contributed by atoms with E-state index in [9.17, 15) is 14.7 Å². The van der Waals surface area contributed by atoms with E-state index in [-0.39, 0.29) is 12.3 Å². The normalized spacial score (nSPS) is 16.6. The Hall–Kier alpha value is -4.10. The van der Waals surface area contributed by atoms with Crippen molar-refractivity contribution in [3.8, 4) is 11.3 Å². The van der Waals surface area contributed by atoms with E-state index >= 15 is 0 Å². The summed E-state index contributed by atoms with van der Waals surface area (Å²) in [5.41, 5.74) is 6.18. The van der Waals surface area contributed by atoms with Gasteiger partial charge in [-0.2, -0.15) is 0 Å². The third-order valence-electron chi connectivity index (χ3n) is 6.59. The summed E-state index contributed by atoms with van der Waals surface area (Å²) in [6, 6.07) is 22.3. The van der Waals surface area contributed by atoms with Crippen LogP contribution >= 0.6 is 0 Å². The maximum absolute atomic E-state index is 13.1. The van der Waals surface area contributed by atoms with Crippen LogP contribution in [-0.2, 0) is 17.6 Å². The average Bonchev–Trinajstić information content (AvgIpc) is 3.20. The van der Waals surface area contributed by atoms with Crippen LogP contribution in [0.5, 0.6) is 0 Å². The van der Waals surface area contributed by atoms with Crippen LogP contribution in [0.3, 0.4) is 0 Å². The summed E-state index contributed by atoms with van der Waals surface area (Å²) in [4.78, 5) is 33.7. The van der Waals surface area contributed by atoms with Crippen LogP contribution in [0.2, 0.25) is 0 Å². The SMILES string of the molecule is O=C(O)CCCCc1nc2cc(C(=O)NC3c4ccccc4CC3O)ccc2nc1-c1ccccc1. The van der Waals surface area contributed by atoms with E-state index in [4.69, 9.17) is 15.1 Å². The fraction of sp³-hybridized carbons (Fsp3) is 0.241. The van der Waals surface area contributed by atoms with Crippen LogP contribution in [0.4, 0.5) is 0 Å². The number of fused-ring (bicyclic) bond motifs is 2. The number of rotatable bonds is 8. The van der Waals surface area contributed by atoms with E-state index in [0.717, 1.165) is 28.1 Å². The average molecular weight is 482 g/mol. The molecule has 182 valence electrons. The molecule has 3 N–H and O–H groups in total. The molecule has 7 heteroatoms. The fourth-order valence-electron chi connectivity index (χ4n) is 4.77. The van der Waals surface area contributed by atoms with Crippen molar-refractivity contribution in [2.45, 2.75) is 44.2 Å². The van der Waals surface area contributed by atoms with Crippen molar-refractivity contribution in [3.63, 3.8) is 0 Å². The second kappa shape index (κ2) is 10.3. The van der Waals surface area contributed by atoms with E-state index < -0.39 is 18.1 Å². The summed E-state index contributed by atoms with van der Waals surface area (Å²) < 4.78 is 0. The Balaban J connectivity index is 1.43. The summed E-state index contributed by atoms with van der Waals surface area (Å²) in [6.45, 7) is 0. The van der Waals surface area contributed by atoms with Gasteiger partial charge in [0.2, 0.25) is 0 Å². The van der Waals surface area contributed by atoms with Gasteiger partial charge in [-0.25, -0.2) is 9.97 Å². The first-order valence-electron chi connectivity index (χ1n) is 12.1. The number of hydrogen-bond acceptors (Lipinski definition) is 5. The minimum Gasteiger partial charge on any atom is -0.481 e. The number of aliphatic carboxylic acids is 1. The lowest BCUT2D eigenvalue weighted by atomic mass is 10.0. The summed E-state index contributed by atoms with van der Waals surface area (Å²) in [5, 5.41) is 22.5. The number of carboxylic acids is 1. The molecule has 0 saturated heterocycles. The molecule has 2 atom stereocenters. The van der Waals surface area contributed by atoms with Crippen LogP contribution in [-0.4, -0.2) is 38.2 Å². The predicted molar refractivity (Wildman–Crippen MR) is 137 cm³/mol. The van der Waals surface area contributed by atoms with Gasteiger partial charge in [0.05, 0.1) is 34.6 Å². The lowest BCUT2D eigenvalue weighted by Crippen LogP contribution is -2.33. The molecule has 0 saturated carbocycles. The van der Waals surface area contributed by atoms with Gasteiger partial charge in [-0.1, -0.05) is 54.6 Å². The number of carbonyl (C=O) groups excluding carboxylic acids is 1. The van der Waals surface area contributed by atoms with Crippen LogP contribution in [0, 0.1) is 0 Å². The molecule has 1 amide bonds. The van der Waals surface area contributed by atoms with Gasteiger partial charge in [0.15, 0.2) is 0 Å². The second-order valence-corrected chi connectivity index (χ2v) is 9.11. The minimum absolute atomic E-state index is 0.113. The number of amides is 1. The Morgan fingerprint density at radius 3 is 2.50 bits per heavy atom. The number of aromatic nitrogens is 2. The number of aliphatic hydroxyl groups excluding tert-OH is 1. The molecule has 2 unspecified atom stereocenters. The zero-order chi connectivity index (χ0) is 25.1. The molecule has 7 nitrogen and oxygen atoms in total. The van der Waals surface area contributed by atoms with Crippen LogP contribution in [0.1, 0.15) is 52.5 Å². The van der Waals surface area contributed by atoms with Gasteiger partial charge in [-0.15, -0.1) is 0 Å². The summed E-state index contributed by atoms with van der Waals surface area (Å²) in [6.07, 6.45) is 1.77. The zero-order valence-electron chi connectivity index (χ0n) is 19.7. The number of nitrogens with one attached hydrogen (secondary N) is 1. The van der Waals surface area contributed by atoms with Crippen molar-refractivity contribution in [3.05, 3.63) is 95.2 Å². The molecule has 1 aromatic heterocycles. The first kappa shape index (κ1) is 23.6. The number of unbranched alkanes of at least 4 members (excludes halogenated alkanes) is 1. The van der Waals surface area contributed by atoms with Gasteiger partial charge >= 0.3 is 5.97 Å². The van der Waals surface area contributed by atoms with Gasteiger partial charge in [-0.3, -0.25) is 9.59 Å². The molecular formula is C29H27N3O4. The molecule has 1 aliphatic carbocycles. The second-order valence-electron chi connectivity index (χ2n) is 9.11. The maximum Gasteiger partial charge on any atom is 0.303 e. The van der Waals surface area contributed by atoms with Crippen molar-refractivity contribution in [2.24, 2.45) is 0 Å². The Morgan fingerprint density at radius 1 is 0.917 bits per heavy atom. The Bertz CT molecular complexity index is 1420. The summed E-state index contributed by atoms with van der Waals surface area (Å²) in [7, 11) is 0. The third-order valence-corrected chi connectivity index (χ3v) is 6.59. The highest BCUT2D eigenvalue weighted by Crippen LogP contribution is 2.32. The first-order chi connectivity index (χ1) is 17.5. The van der Waals surface area contributed by atoms with E-state index in [2.05, 4.69) is 5.32 Å². The summed E-state index contributed by atoms with van der Waals surface area (Å²) >= 11 is 0. The number of aliphatic hydroxyl groups is 1. The molecule has 5 rings (SSSR count). The van der Waals surface area contributed by atoms with Crippen LogP contribution in [0.15, 0.2) is 72.8 Å². The highest BCUT2D eigenvalue weighted by molar-refractivity contribution is 5.97. The van der Waals surface area contributed by atoms with Crippen molar-refractivity contribution in [1.29, 1.82) is 0 Å². The van der Waals surface area contributed by atoms with Crippen molar-refractivity contribution in [1.82, 2.24) is 15.3 Å². The molecule has 1 heterocycles. The zero-order valence-corrected chi connectivity index (χ0v) is 19.7. The Labute approximate surface area is 208 Å². The van der Waals surface area contributed by atoms with Crippen molar-refractivity contribution < 1.29 is 19.8 Å². The first-order valence-corrected chi connectivity index (χ1v) is 12.1. The standard InChI is InChI=1S/C29H27N3O4/c33-25-17-19-10-4-5-11-21(19)28(25)32-29(36)20-14-15-22-24(16-20)30-23(12-6-7-13-26(34)35)27(31-22)18-8-2-1-3-9-18/h1-5,8-11,14-16,25,28,33H,6-7,12-13,17H2,(H,32,36)(H,34,35). The molecule has 1 aliphatic rings. The lowest BCUT2D eigenvalue weighted by molar-refractivity contribution is -0.137. The molecule has 0 spiro atoms. The molecule has 0 aliphatic heterocycles. The van der Waals surface area contributed by atoms with E-state index in [1.165, 1.54) is 0 Å². The van der Waals surface area contributed by atoms with Gasteiger partial charge in [0, 0.05) is 24.0 Å². The van der Waals surface area contributed by atoms with Gasteiger partial charge < -0.3 is 15.5 Å². The Kier molecular flexibility index (Phi) is 6.73. The molecule has 0 radical (unpaired) electrons.